The zero-order valence-electron chi connectivity index (χ0n) is 37.9. The maximum absolute atomic E-state index is 7.48. The van der Waals surface area contributed by atoms with E-state index in [9.17, 15) is 0 Å². The Labute approximate surface area is 390 Å². The lowest BCUT2D eigenvalue weighted by molar-refractivity contribution is 0.139. The topological polar surface area (TPSA) is 172 Å². The van der Waals surface area contributed by atoms with E-state index in [1.165, 1.54) is 0 Å². The number of nitrogens with one attached hydrogen (secondary N) is 1. The molecule has 18 heteroatoms. The van der Waals surface area contributed by atoms with Gasteiger partial charge in [0.1, 0.15) is 17.9 Å². The largest absolute Gasteiger partial charge is 0.489 e. The van der Waals surface area contributed by atoms with Crippen molar-refractivity contribution in [3.63, 3.8) is 0 Å². The summed E-state index contributed by atoms with van der Waals surface area (Å²) >= 11 is 14.6. The molecule has 0 unspecified atom stereocenters. The predicted octanol–water partition coefficient (Wildman–Crippen LogP) is 10.9. The highest BCUT2D eigenvalue weighted by Crippen LogP contribution is 2.57. The number of hydrogen-bond acceptors (Lipinski definition) is 14. The number of nitrogens with zero attached hydrogens (tertiary/aromatic N) is 7. The average molecular weight is 936 g/mol. The molecule has 0 radical (unpaired) electrons. The lowest BCUT2D eigenvalue weighted by Crippen LogP contribution is -2.11. The van der Waals surface area contributed by atoms with E-state index in [0.29, 0.717) is 108 Å². The Morgan fingerprint density at radius 1 is 0.439 bits per heavy atom. The van der Waals surface area contributed by atoms with Crippen LogP contribution < -0.4 is 38.0 Å². The van der Waals surface area contributed by atoms with Gasteiger partial charge >= 0.3 is 0 Å². The molecule has 66 heavy (non-hydrogen) atoms. The number of hydrogen-bond donors (Lipinski definition) is 1. The van der Waals surface area contributed by atoms with E-state index in [1.54, 1.807) is 10.8 Å². The number of aromatic nitrogens is 8. The van der Waals surface area contributed by atoms with E-state index < -0.39 is 0 Å². The summed E-state index contributed by atoms with van der Waals surface area (Å²) in [6.07, 6.45) is 0. The number of rotatable bonds is 16. The van der Waals surface area contributed by atoms with Crippen molar-refractivity contribution in [1.29, 1.82) is 0 Å². The van der Waals surface area contributed by atoms with Gasteiger partial charge in [-0.15, -0.1) is 4.73 Å². The molecule has 0 atom stereocenters. The lowest BCUT2D eigenvalue weighted by atomic mass is 10.0. The first-order valence-electron chi connectivity index (χ1n) is 22.2. The summed E-state index contributed by atoms with van der Waals surface area (Å²) in [4.78, 5) is 41.3. The van der Waals surface area contributed by atoms with Gasteiger partial charge in [-0.2, -0.15) is 0 Å². The lowest BCUT2D eigenvalue weighted by Gasteiger charge is -2.20. The monoisotopic (exact) mass is 934 g/mol. The molecular weight excluding hydrogens is 887 g/mol. The van der Waals surface area contributed by atoms with E-state index in [1.807, 2.05) is 91.8 Å². The molecule has 9 rings (SSSR count). The van der Waals surface area contributed by atoms with Gasteiger partial charge in [-0.1, -0.05) is 59.6 Å². The minimum atomic E-state index is 0.159. The van der Waals surface area contributed by atoms with Crippen molar-refractivity contribution in [2.75, 3.05) is 52.9 Å². The summed E-state index contributed by atoms with van der Waals surface area (Å²) < 4.78 is 46.3. The van der Waals surface area contributed by atoms with Gasteiger partial charge in [0.25, 0.3) is 0 Å². The van der Waals surface area contributed by atoms with Gasteiger partial charge in [0, 0.05) is 16.5 Å². The fraction of sp³-hybridized carbons (Fsp3) is 0.333. The average Bonchev–Trinajstić information content (AvgIpc) is 4.04. The standard InChI is InChI=1S/C48H48Cl2N8O8/c1-9-59-34-30-29(33(50)37(62-12-4)38(34)63-13-5)43-53-44(30)54-46-32-31(35(60-10-2)39(64-14-6)40(65-15-7)36(32)61-11-3)45(55-46)52-41-24-20-17-18-21-25(24)42(51-41)56-47-26-22-19-23-27(49)28(26)48(57-43)58(47)66-16-8/h17-23H,9-16H2,1-8H3,(H,51,52,53,54,55,56,57). The van der Waals surface area contributed by atoms with Crippen molar-refractivity contribution < 1.29 is 38.0 Å². The van der Waals surface area contributed by atoms with E-state index in [-0.39, 0.29) is 73.5 Å². The van der Waals surface area contributed by atoms with Crippen molar-refractivity contribution in [1.82, 2.24) is 39.6 Å². The second kappa shape index (κ2) is 18.6. The van der Waals surface area contributed by atoms with Gasteiger partial charge in [0.2, 0.25) is 17.2 Å². The highest BCUT2D eigenvalue weighted by Gasteiger charge is 2.36. The number of halogens is 2. The van der Waals surface area contributed by atoms with Gasteiger partial charge in [-0.3, -0.25) is 0 Å². The van der Waals surface area contributed by atoms with Crippen LogP contribution in [0, 0.1) is 0 Å². The summed E-state index contributed by atoms with van der Waals surface area (Å²) in [6, 6.07) is 13.3. The van der Waals surface area contributed by atoms with Gasteiger partial charge in [-0.05, 0) is 61.5 Å². The van der Waals surface area contributed by atoms with Crippen LogP contribution >= 0.6 is 23.2 Å². The van der Waals surface area contributed by atoms with Crippen LogP contribution in [-0.4, -0.2) is 92.5 Å². The molecule has 342 valence electrons. The van der Waals surface area contributed by atoms with E-state index in [4.69, 9.17) is 91.1 Å². The molecule has 0 spiro atoms. The Bertz CT molecular complexity index is 3210. The number of ether oxygens (including phenoxy) is 7. The molecule has 1 N–H and O–H groups in total. The van der Waals surface area contributed by atoms with E-state index in [0.717, 1.165) is 11.1 Å². The molecule has 2 aliphatic rings. The quantitative estimate of drug-likeness (QED) is 0.0970. The molecule has 8 bridgehead atoms. The Kier molecular flexibility index (Phi) is 12.5. The van der Waals surface area contributed by atoms with Crippen LogP contribution in [0.5, 0.6) is 40.2 Å². The summed E-state index contributed by atoms with van der Waals surface area (Å²) in [5.74, 6) is 3.35. The predicted molar refractivity (Wildman–Crippen MR) is 255 cm³/mol. The fourth-order valence-electron chi connectivity index (χ4n) is 8.30. The van der Waals surface area contributed by atoms with Crippen LogP contribution in [-0.2, 0) is 0 Å². The Balaban J connectivity index is 1.60. The van der Waals surface area contributed by atoms with Gasteiger partial charge < -0.3 is 43.0 Å². The molecule has 0 amide bonds. The third-order valence-electron chi connectivity index (χ3n) is 10.6. The van der Waals surface area contributed by atoms with Gasteiger partial charge in [0.15, 0.2) is 57.6 Å². The zero-order valence-corrected chi connectivity index (χ0v) is 39.4. The molecule has 0 fully saturated rings. The van der Waals surface area contributed by atoms with Gasteiger partial charge in [-0.25, -0.2) is 29.9 Å². The molecule has 0 saturated heterocycles. The Morgan fingerprint density at radius 2 is 0.909 bits per heavy atom. The van der Waals surface area contributed by atoms with Crippen molar-refractivity contribution in [2.45, 2.75) is 55.4 Å². The molecule has 3 aromatic heterocycles. The second-order valence-electron chi connectivity index (χ2n) is 14.5. The SMILES string of the molecule is CCOc1c(Cl)c2c(c(OCC)c1OCC)-c1nc-2nc2c3c(Cl)cccc3c(nc3nc(nc4[nH]c(n1)c1c(OCC)c(OCC)c(OCC)c(OCC)c41)-c1ccccc1-3)n2OCC. The van der Waals surface area contributed by atoms with Crippen molar-refractivity contribution in [2.24, 2.45) is 0 Å². The van der Waals surface area contributed by atoms with Crippen LogP contribution in [0.3, 0.4) is 0 Å². The molecule has 2 aliphatic heterocycles. The van der Waals surface area contributed by atoms with Crippen LogP contribution in [0.1, 0.15) is 55.4 Å². The first kappa shape index (κ1) is 44.4. The number of benzene rings is 4. The molecular formula is C48H48Cl2N8O8. The van der Waals surface area contributed by atoms with E-state index in [2.05, 4.69) is 4.98 Å². The minimum absolute atomic E-state index is 0.159. The maximum Gasteiger partial charge on any atom is 0.208 e. The third-order valence-corrected chi connectivity index (χ3v) is 11.3. The number of H-pyrrole nitrogens is 1. The van der Waals surface area contributed by atoms with Crippen LogP contribution in [0.25, 0.3) is 89.7 Å². The van der Waals surface area contributed by atoms with Crippen LogP contribution in [0.4, 0.5) is 0 Å². The first-order valence-corrected chi connectivity index (χ1v) is 22.9. The normalized spacial score (nSPS) is 11.7. The summed E-state index contributed by atoms with van der Waals surface area (Å²) in [7, 11) is 0. The van der Waals surface area contributed by atoms with E-state index >= 15 is 0 Å². The molecule has 4 aromatic carbocycles. The third kappa shape index (κ3) is 7.22. The van der Waals surface area contributed by atoms with Crippen LogP contribution in [0.15, 0.2) is 42.5 Å². The smallest absolute Gasteiger partial charge is 0.208 e. The van der Waals surface area contributed by atoms with Crippen LogP contribution in [0.2, 0.25) is 10.0 Å². The van der Waals surface area contributed by atoms with Gasteiger partial charge in [0.05, 0.1) is 83.6 Å². The second-order valence-corrected chi connectivity index (χ2v) is 15.3. The Morgan fingerprint density at radius 3 is 1.48 bits per heavy atom. The maximum atomic E-state index is 7.48. The highest BCUT2D eigenvalue weighted by atomic mass is 35.5. The zero-order chi connectivity index (χ0) is 46.2. The van der Waals surface area contributed by atoms with Crippen molar-refractivity contribution in [3.05, 3.63) is 52.5 Å². The molecule has 0 aliphatic carbocycles. The molecule has 16 nitrogen and oxygen atoms in total. The highest BCUT2D eigenvalue weighted by molar-refractivity contribution is 6.38. The Hall–Kier alpha value is -6.78. The summed E-state index contributed by atoms with van der Waals surface area (Å²) in [5.41, 5.74) is 3.57. The molecule has 5 heterocycles. The summed E-state index contributed by atoms with van der Waals surface area (Å²) in [6.45, 7) is 17.2. The number of fused-ring (bicyclic) bond motifs is 20. The fourth-order valence-corrected chi connectivity index (χ4v) is 8.88. The summed E-state index contributed by atoms with van der Waals surface area (Å²) in [5, 5.41) is 2.78. The number of aromatic amines is 1. The minimum Gasteiger partial charge on any atom is -0.489 e. The molecule has 0 saturated carbocycles. The van der Waals surface area contributed by atoms with Crippen molar-refractivity contribution in [3.8, 4) is 85.8 Å². The first-order chi connectivity index (χ1) is 32.3. The molecule has 7 aromatic rings. The van der Waals surface area contributed by atoms with Crippen molar-refractivity contribution >= 4 is 67.3 Å².